The molecule has 114 valence electrons. The number of anilines is 3. The lowest BCUT2D eigenvalue weighted by Crippen LogP contribution is -2.28. The molecule has 1 unspecified atom stereocenters. The van der Waals surface area contributed by atoms with Crippen molar-refractivity contribution in [1.82, 2.24) is 15.0 Å². The standard InChI is InChI=1S/C14H16N6OS/c15-13-17-11(18-14(16)19-13)8-22-10-6-7-20(12(10)21)9-4-2-1-3-5-9/h1-5,10H,6-8H2,(H4,15,16,17,18,19). The Balaban J connectivity index is 1.64. The van der Waals surface area contributed by atoms with Crippen molar-refractivity contribution in [1.29, 1.82) is 0 Å². The topological polar surface area (TPSA) is 111 Å². The minimum absolute atomic E-state index is 0.0978. The number of hydrogen-bond donors (Lipinski definition) is 2. The Bertz CT molecular complexity index is 660. The van der Waals surface area contributed by atoms with E-state index in [1.807, 2.05) is 35.2 Å². The monoisotopic (exact) mass is 316 g/mol. The number of aromatic nitrogens is 3. The number of amides is 1. The summed E-state index contributed by atoms with van der Waals surface area (Å²) < 4.78 is 0. The van der Waals surface area contributed by atoms with Crippen LogP contribution >= 0.6 is 11.8 Å². The molecule has 8 heteroatoms. The normalized spacial score (nSPS) is 17.9. The highest BCUT2D eigenvalue weighted by atomic mass is 32.2. The molecule has 2 heterocycles. The van der Waals surface area contributed by atoms with E-state index in [1.165, 1.54) is 11.8 Å². The zero-order valence-electron chi connectivity index (χ0n) is 11.8. The average Bonchev–Trinajstić information content (AvgIpc) is 2.86. The molecule has 1 saturated heterocycles. The molecule has 1 aliphatic rings. The molecule has 1 aromatic heterocycles. The zero-order valence-corrected chi connectivity index (χ0v) is 12.7. The summed E-state index contributed by atoms with van der Waals surface area (Å²) in [5, 5.41) is -0.0978. The maximum absolute atomic E-state index is 12.5. The molecule has 0 spiro atoms. The second kappa shape index (κ2) is 6.18. The summed E-state index contributed by atoms with van der Waals surface area (Å²) in [4.78, 5) is 26.1. The molecule has 0 radical (unpaired) electrons. The van der Waals surface area contributed by atoms with Crippen molar-refractivity contribution >= 4 is 35.3 Å². The van der Waals surface area contributed by atoms with E-state index in [0.717, 1.165) is 18.7 Å². The van der Waals surface area contributed by atoms with Crippen molar-refractivity contribution in [3.8, 4) is 0 Å². The first-order valence-corrected chi connectivity index (χ1v) is 7.92. The largest absolute Gasteiger partial charge is 0.368 e. The van der Waals surface area contributed by atoms with Gasteiger partial charge < -0.3 is 16.4 Å². The highest BCUT2D eigenvalue weighted by Crippen LogP contribution is 2.29. The Morgan fingerprint density at radius 1 is 1.14 bits per heavy atom. The quantitative estimate of drug-likeness (QED) is 0.868. The highest BCUT2D eigenvalue weighted by molar-refractivity contribution is 7.99. The Morgan fingerprint density at radius 3 is 2.50 bits per heavy atom. The average molecular weight is 316 g/mol. The van der Waals surface area contributed by atoms with Gasteiger partial charge in [0.2, 0.25) is 17.8 Å². The second-order valence-electron chi connectivity index (χ2n) is 4.88. The van der Waals surface area contributed by atoms with Crippen molar-refractivity contribution in [2.45, 2.75) is 17.4 Å². The Kier molecular flexibility index (Phi) is 4.10. The number of nitrogens with zero attached hydrogens (tertiary/aromatic N) is 4. The molecule has 0 aliphatic carbocycles. The van der Waals surface area contributed by atoms with Crippen LogP contribution in [0.5, 0.6) is 0 Å². The van der Waals surface area contributed by atoms with Gasteiger partial charge in [-0.15, -0.1) is 11.8 Å². The predicted octanol–water partition coefficient (Wildman–Crippen LogP) is 1.07. The number of carbonyl (C=O) groups is 1. The van der Waals surface area contributed by atoms with Crippen LogP contribution < -0.4 is 16.4 Å². The van der Waals surface area contributed by atoms with Crippen molar-refractivity contribution < 1.29 is 4.79 Å². The first-order chi connectivity index (χ1) is 10.6. The summed E-state index contributed by atoms with van der Waals surface area (Å²) in [6, 6.07) is 9.68. The Morgan fingerprint density at radius 2 is 1.82 bits per heavy atom. The minimum atomic E-state index is -0.0978. The Labute approximate surface area is 132 Å². The summed E-state index contributed by atoms with van der Waals surface area (Å²) in [5.74, 6) is 1.31. The molecule has 7 nitrogen and oxygen atoms in total. The lowest BCUT2D eigenvalue weighted by molar-refractivity contribution is -0.116. The molecule has 2 aromatic rings. The van der Waals surface area contributed by atoms with Gasteiger partial charge in [0.15, 0.2) is 0 Å². The van der Waals surface area contributed by atoms with Crippen LogP contribution in [-0.4, -0.2) is 32.7 Å². The molecule has 1 amide bonds. The molecule has 1 aliphatic heterocycles. The number of nitrogen functional groups attached to an aromatic ring is 2. The van der Waals surface area contributed by atoms with Crippen LogP contribution in [0.2, 0.25) is 0 Å². The predicted molar refractivity (Wildman–Crippen MR) is 87.1 cm³/mol. The number of hydrogen-bond acceptors (Lipinski definition) is 7. The van der Waals surface area contributed by atoms with Crippen molar-refractivity contribution in [3.05, 3.63) is 36.2 Å². The van der Waals surface area contributed by atoms with E-state index in [2.05, 4.69) is 15.0 Å². The fourth-order valence-corrected chi connectivity index (χ4v) is 3.39. The fraction of sp³-hybridized carbons (Fsp3) is 0.286. The minimum Gasteiger partial charge on any atom is -0.368 e. The van der Waals surface area contributed by atoms with Gasteiger partial charge in [0.1, 0.15) is 5.82 Å². The van der Waals surface area contributed by atoms with Gasteiger partial charge in [0.25, 0.3) is 0 Å². The van der Waals surface area contributed by atoms with E-state index in [9.17, 15) is 4.79 Å². The van der Waals surface area contributed by atoms with Crippen LogP contribution in [0.1, 0.15) is 12.2 Å². The van der Waals surface area contributed by atoms with Gasteiger partial charge in [-0.25, -0.2) is 0 Å². The van der Waals surface area contributed by atoms with Gasteiger partial charge in [-0.1, -0.05) is 18.2 Å². The van der Waals surface area contributed by atoms with Gasteiger partial charge in [0.05, 0.1) is 11.0 Å². The number of carbonyl (C=O) groups excluding carboxylic acids is 1. The third-order valence-electron chi connectivity index (χ3n) is 3.35. The smallest absolute Gasteiger partial charge is 0.240 e. The van der Waals surface area contributed by atoms with E-state index in [1.54, 1.807) is 0 Å². The summed E-state index contributed by atoms with van der Waals surface area (Å²) in [6.07, 6.45) is 0.800. The first kappa shape index (κ1) is 14.6. The number of nitrogens with two attached hydrogens (primary N) is 2. The molecular weight excluding hydrogens is 300 g/mol. The van der Waals surface area contributed by atoms with E-state index in [4.69, 9.17) is 11.5 Å². The maximum atomic E-state index is 12.5. The third kappa shape index (κ3) is 3.11. The number of rotatable bonds is 4. The summed E-state index contributed by atoms with van der Waals surface area (Å²) in [5.41, 5.74) is 12.0. The molecule has 4 N–H and O–H groups in total. The molecule has 0 saturated carbocycles. The molecule has 0 bridgehead atoms. The fourth-order valence-electron chi connectivity index (χ4n) is 2.37. The second-order valence-corrected chi connectivity index (χ2v) is 6.07. The van der Waals surface area contributed by atoms with E-state index in [-0.39, 0.29) is 23.1 Å². The maximum Gasteiger partial charge on any atom is 0.240 e. The van der Waals surface area contributed by atoms with Crippen molar-refractivity contribution in [2.75, 3.05) is 22.9 Å². The molecule has 1 atom stereocenters. The first-order valence-electron chi connectivity index (χ1n) is 6.87. The van der Waals surface area contributed by atoms with Gasteiger partial charge in [-0.2, -0.15) is 15.0 Å². The lowest BCUT2D eigenvalue weighted by atomic mass is 10.3. The van der Waals surface area contributed by atoms with E-state index < -0.39 is 0 Å². The van der Waals surface area contributed by atoms with Gasteiger partial charge in [-0.05, 0) is 18.6 Å². The van der Waals surface area contributed by atoms with Crippen LogP contribution in [0.3, 0.4) is 0 Å². The number of benzene rings is 1. The van der Waals surface area contributed by atoms with Crippen LogP contribution in [0, 0.1) is 0 Å². The van der Waals surface area contributed by atoms with Crippen molar-refractivity contribution in [2.24, 2.45) is 0 Å². The highest BCUT2D eigenvalue weighted by Gasteiger charge is 2.32. The summed E-state index contributed by atoms with van der Waals surface area (Å²) in [7, 11) is 0. The number of thioether (sulfide) groups is 1. The van der Waals surface area contributed by atoms with Gasteiger partial charge in [0, 0.05) is 12.2 Å². The van der Waals surface area contributed by atoms with Gasteiger partial charge in [-0.3, -0.25) is 4.79 Å². The van der Waals surface area contributed by atoms with Crippen LogP contribution in [0.25, 0.3) is 0 Å². The van der Waals surface area contributed by atoms with E-state index in [0.29, 0.717) is 11.6 Å². The van der Waals surface area contributed by atoms with Crippen LogP contribution in [0.15, 0.2) is 30.3 Å². The SMILES string of the molecule is Nc1nc(N)nc(CSC2CCN(c3ccccc3)C2=O)n1. The zero-order chi connectivity index (χ0) is 15.5. The molecule has 1 aromatic carbocycles. The molecule has 22 heavy (non-hydrogen) atoms. The summed E-state index contributed by atoms with van der Waals surface area (Å²) >= 11 is 1.51. The van der Waals surface area contributed by atoms with Crippen LogP contribution in [0.4, 0.5) is 17.6 Å². The van der Waals surface area contributed by atoms with Crippen molar-refractivity contribution in [3.63, 3.8) is 0 Å². The van der Waals surface area contributed by atoms with E-state index >= 15 is 0 Å². The van der Waals surface area contributed by atoms with Gasteiger partial charge >= 0.3 is 0 Å². The number of para-hydroxylation sites is 1. The lowest BCUT2D eigenvalue weighted by Gasteiger charge is -2.16. The third-order valence-corrected chi connectivity index (χ3v) is 4.62. The molecular formula is C14H16N6OS. The van der Waals surface area contributed by atoms with Crippen LogP contribution in [-0.2, 0) is 10.5 Å². The Hall–Kier alpha value is -2.35. The molecule has 1 fully saturated rings. The molecule has 3 rings (SSSR count). The summed E-state index contributed by atoms with van der Waals surface area (Å²) in [6.45, 7) is 0.724.